The Morgan fingerprint density at radius 2 is 2.29 bits per heavy atom. The molecule has 0 radical (unpaired) electrons. The van der Waals surface area contributed by atoms with E-state index in [-0.39, 0.29) is 10.6 Å². The van der Waals surface area contributed by atoms with Crippen molar-refractivity contribution < 1.29 is 9.66 Å². The Balaban J connectivity index is 2.55. The van der Waals surface area contributed by atoms with E-state index in [9.17, 15) is 10.1 Å². The number of rotatable bonds is 7. The molecule has 0 fully saturated rings. The fourth-order valence-corrected chi connectivity index (χ4v) is 1.77. The van der Waals surface area contributed by atoms with Crippen molar-refractivity contribution in [1.29, 1.82) is 0 Å². The summed E-state index contributed by atoms with van der Waals surface area (Å²) in [6, 6.07) is 5.08. The Morgan fingerprint density at radius 3 is 2.94 bits per heavy atom. The lowest BCUT2D eigenvalue weighted by atomic mass is 10.2. The summed E-state index contributed by atoms with van der Waals surface area (Å²) in [4.78, 5) is 10.5. The van der Waals surface area contributed by atoms with Gasteiger partial charge in [0.05, 0.1) is 4.92 Å². The number of benzene rings is 1. The standard InChI is InChI=1S/C11H15BrN2O3/c1-17-6-2-5-13-8-9-3-4-10(12)7-11(9)14(15)16/h3-4,7,13H,2,5-6,8H2,1H3. The quantitative estimate of drug-likeness (QED) is 0.477. The van der Waals surface area contributed by atoms with Crippen molar-refractivity contribution in [3.8, 4) is 0 Å². The van der Waals surface area contributed by atoms with Crippen LogP contribution in [-0.2, 0) is 11.3 Å². The highest BCUT2D eigenvalue weighted by Crippen LogP contribution is 2.23. The SMILES string of the molecule is COCCCNCc1ccc(Br)cc1[N+](=O)[O-]. The Hall–Kier alpha value is -0.980. The number of nitrogens with one attached hydrogen (secondary N) is 1. The first-order chi connectivity index (χ1) is 8.15. The van der Waals surface area contributed by atoms with Crippen LogP contribution in [0.2, 0.25) is 0 Å². The van der Waals surface area contributed by atoms with Gasteiger partial charge in [0.15, 0.2) is 0 Å². The third-order valence-electron chi connectivity index (χ3n) is 2.26. The number of ether oxygens (including phenoxy) is 1. The molecule has 0 bridgehead atoms. The summed E-state index contributed by atoms with van der Waals surface area (Å²) in [5, 5.41) is 14.0. The monoisotopic (exact) mass is 302 g/mol. The second-order valence-electron chi connectivity index (χ2n) is 3.55. The smallest absolute Gasteiger partial charge is 0.275 e. The van der Waals surface area contributed by atoms with Crippen LogP contribution in [0.1, 0.15) is 12.0 Å². The van der Waals surface area contributed by atoms with Gasteiger partial charge in [0.1, 0.15) is 0 Å². The van der Waals surface area contributed by atoms with Crippen LogP contribution in [0.25, 0.3) is 0 Å². The Kier molecular flexibility index (Phi) is 6.10. The van der Waals surface area contributed by atoms with Crippen molar-refractivity contribution in [2.75, 3.05) is 20.3 Å². The number of halogens is 1. The van der Waals surface area contributed by atoms with Crippen molar-refractivity contribution in [1.82, 2.24) is 5.32 Å². The molecule has 1 aromatic carbocycles. The fraction of sp³-hybridized carbons (Fsp3) is 0.455. The van der Waals surface area contributed by atoms with E-state index in [1.165, 1.54) is 6.07 Å². The summed E-state index contributed by atoms with van der Waals surface area (Å²) >= 11 is 3.23. The Morgan fingerprint density at radius 1 is 1.53 bits per heavy atom. The summed E-state index contributed by atoms with van der Waals surface area (Å²) in [5.41, 5.74) is 0.828. The van der Waals surface area contributed by atoms with Gasteiger partial charge in [-0.05, 0) is 25.1 Å². The maximum Gasteiger partial charge on any atom is 0.275 e. The minimum Gasteiger partial charge on any atom is -0.385 e. The minimum atomic E-state index is -0.364. The van der Waals surface area contributed by atoms with Crippen LogP contribution in [0.4, 0.5) is 5.69 Å². The second kappa shape index (κ2) is 7.37. The Labute approximate surface area is 108 Å². The lowest BCUT2D eigenvalue weighted by molar-refractivity contribution is -0.385. The van der Waals surface area contributed by atoms with Gasteiger partial charge in [-0.1, -0.05) is 15.9 Å². The number of nitro benzene ring substituents is 1. The summed E-state index contributed by atoms with van der Waals surface area (Å²) in [5.74, 6) is 0. The van der Waals surface area contributed by atoms with E-state index >= 15 is 0 Å². The molecule has 1 N–H and O–H groups in total. The molecule has 0 aliphatic rings. The van der Waals surface area contributed by atoms with E-state index < -0.39 is 0 Å². The molecule has 0 aromatic heterocycles. The molecule has 0 saturated heterocycles. The van der Waals surface area contributed by atoms with Crippen molar-refractivity contribution in [3.63, 3.8) is 0 Å². The molecule has 94 valence electrons. The predicted molar refractivity (Wildman–Crippen MR) is 69.0 cm³/mol. The summed E-state index contributed by atoms with van der Waals surface area (Å²) in [7, 11) is 1.65. The molecular weight excluding hydrogens is 288 g/mol. The van der Waals surface area contributed by atoms with E-state index in [4.69, 9.17) is 4.74 Å². The number of nitrogens with zero attached hydrogens (tertiary/aromatic N) is 1. The van der Waals surface area contributed by atoms with Crippen molar-refractivity contribution in [2.45, 2.75) is 13.0 Å². The predicted octanol–water partition coefficient (Wildman–Crippen LogP) is 2.48. The average molecular weight is 303 g/mol. The topological polar surface area (TPSA) is 64.4 Å². The zero-order chi connectivity index (χ0) is 12.7. The molecule has 0 saturated carbocycles. The van der Waals surface area contributed by atoms with E-state index in [1.807, 2.05) is 0 Å². The molecule has 5 nitrogen and oxygen atoms in total. The second-order valence-corrected chi connectivity index (χ2v) is 4.47. The third kappa shape index (κ3) is 4.80. The van der Waals surface area contributed by atoms with E-state index in [1.54, 1.807) is 19.2 Å². The molecule has 0 aliphatic carbocycles. The number of hydrogen-bond donors (Lipinski definition) is 1. The summed E-state index contributed by atoms with van der Waals surface area (Å²) < 4.78 is 5.63. The van der Waals surface area contributed by atoms with Crippen LogP contribution in [0.5, 0.6) is 0 Å². The lowest BCUT2D eigenvalue weighted by Gasteiger charge is -2.05. The normalized spacial score (nSPS) is 10.5. The molecular formula is C11H15BrN2O3. The summed E-state index contributed by atoms with van der Waals surface area (Å²) in [6.07, 6.45) is 0.890. The van der Waals surface area contributed by atoms with Crippen molar-refractivity contribution in [3.05, 3.63) is 38.3 Å². The zero-order valence-corrected chi connectivity index (χ0v) is 11.2. The van der Waals surface area contributed by atoms with Gasteiger partial charge in [-0.2, -0.15) is 0 Å². The molecule has 1 aromatic rings. The maximum absolute atomic E-state index is 10.8. The molecule has 0 atom stereocenters. The Bertz CT molecular complexity index is 385. The highest BCUT2D eigenvalue weighted by Gasteiger charge is 2.13. The van der Waals surface area contributed by atoms with Gasteiger partial charge in [-0.25, -0.2) is 0 Å². The van der Waals surface area contributed by atoms with Gasteiger partial charge >= 0.3 is 0 Å². The molecule has 0 heterocycles. The number of hydrogen-bond acceptors (Lipinski definition) is 4. The molecule has 0 aliphatic heterocycles. The first-order valence-electron chi connectivity index (χ1n) is 5.27. The third-order valence-corrected chi connectivity index (χ3v) is 2.75. The van der Waals surface area contributed by atoms with Crippen LogP contribution < -0.4 is 5.32 Å². The van der Waals surface area contributed by atoms with Gasteiger partial charge < -0.3 is 10.1 Å². The molecule has 1 rings (SSSR count). The number of nitro groups is 1. The van der Waals surface area contributed by atoms with Crippen molar-refractivity contribution in [2.24, 2.45) is 0 Å². The minimum absolute atomic E-state index is 0.138. The lowest BCUT2D eigenvalue weighted by Crippen LogP contribution is -2.16. The van der Waals surface area contributed by atoms with Crippen LogP contribution in [-0.4, -0.2) is 25.2 Å². The van der Waals surface area contributed by atoms with Crippen molar-refractivity contribution >= 4 is 21.6 Å². The van der Waals surface area contributed by atoms with Crippen LogP contribution in [0, 0.1) is 10.1 Å². The highest BCUT2D eigenvalue weighted by molar-refractivity contribution is 9.10. The van der Waals surface area contributed by atoms with Crippen LogP contribution in [0.3, 0.4) is 0 Å². The zero-order valence-electron chi connectivity index (χ0n) is 9.61. The highest BCUT2D eigenvalue weighted by atomic mass is 79.9. The van der Waals surface area contributed by atoms with Gasteiger partial charge in [0, 0.05) is 36.4 Å². The van der Waals surface area contributed by atoms with Gasteiger partial charge in [-0.15, -0.1) is 0 Å². The average Bonchev–Trinajstić information content (AvgIpc) is 2.30. The maximum atomic E-state index is 10.8. The van der Waals surface area contributed by atoms with E-state index in [2.05, 4.69) is 21.2 Å². The molecule has 0 unspecified atom stereocenters. The van der Waals surface area contributed by atoms with Crippen LogP contribution in [0.15, 0.2) is 22.7 Å². The van der Waals surface area contributed by atoms with E-state index in [0.717, 1.165) is 13.0 Å². The summed E-state index contributed by atoms with van der Waals surface area (Å²) in [6.45, 7) is 1.96. The van der Waals surface area contributed by atoms with Gasteiger partial charge in [0.2, 0.25) is 0 Å². The van der Waals surface area contributed by atoms with E-state index in [0.29, 0.717) is 23.2 Å². The fourth-order valence-electron chi connectivity index (χ4n) is 1.42. The molecule has 0 spiro atoms. The molecule has 6 heteroatoms. The largest absolute Gasteiger partial charge is 0.385 e. The number of methoxy groups -OCH3 is 1. The first-order valence-corrected chi connectivity index (χ1v) is 6.07. The van der Waals surface area contributed by atoms with Gasteiger partial charge in [-0.3, -0.25) is 10.1 Å². The molecule has 0 amide bonds. The van der Waals surface area contributed by atoms with Gasteiger partial charge in [0.25, 0.3) is 5.69 Å². The van der Waals surface area contributed by atoms with Crippen LogP contribution >= 0.6 is 15.9 Å². The first kappa shape index (κ1) is 14.1. The molecule has 17 heavy (non-hydrogen) atoms.